The first kappa shape index (κ1) is 17.5. The molecule has 126 valence electrons. The third kappa shape index (κ3) is 4.55. The van der Waals surface area contributed by atoms with Crippen molar-refractivity contribution in [2.75, 3.05) is 0 Å². The summed E-state index contributed by atoms with van der Waals surface area (Å²) in [6.45, 7) is 3.48. The lowest BCUT2D eigenvalue weighted by molar-refractivity contribution is -0.128. The molecule has 0 aliphatic rings. The number of para-hydroxylation sites is 1. The second-order valence-electron chi connectivity index (χ2n) is 5.18. The minimum absolute atomic E-state index is 0.0263. The minimum atomic E-state index is -0.968. The van der Waals surface area contributed by atoms with E-state index in [-0.39, 0.29) is 5.75 Å². The van der Waals surface area contributed by atoms with Gasteiger partial charge >= 0.3 is 0 Å². The minimum Gasteiger partial charge on any atom is -0.478 e. The quantitative estimate of drug-likeness (QED) is 0.828. The van der Waals surface area contributed by atoms with Crippen LogP contribution in [0.15, 0.2) is 48.5 Å². The molecule has 0 fully saturated rings. The molecule has 0 saturated carbocycles. The van der Waals surface area contributed by atoms with Crippen LogP contribution >= 0.6 is 0 Å². The van der Waals surface area contributed by atoms with E-state index in [2.05, 4.69) is 10.9 Å². The number of aryl methyl sites for hydroxylation is 1. The van der Waals surface area contributed by atoms with Crippen molar-refractivity contribution >= 4 is 11.8 Å². The summed E-state index contributed by atoms with van der Waals surface area (Å²) in [6.07, 6.45) is -0.0894. The summed E-state index contributed by atoms with van der Waals surface area (Å²) in [7, 11) is 0. The van der Waals surface area contributed by atoms with Crippen molar-refractivity contribution in [2.45, 2.75) is 26.4 Å². The molecule has 0 aliphatic heterocycles. The number of carbonyl (C=O) groups excluding carboxylic acids is 2. The monoisotopic (exact) mass is 330 g/mol. The van der Waals surface area contributed by atoms with Gasteiger partial charge in [0.1, 0.15) is 0 Å². The van der Waals surface area contributed by atoms with Crippen molar-refractivity contribution < 1.29 is 18.7 Å². The topological polar surface area (TPSA) is 67.4 Å². The number of ether oxygens (including phenoxy) is 1. The van der Waals surface area contributed by atoms with Crippen LogP contribution in [0.5, 0.6) is 5.75 Å². The predicted molar refractivity (Wildman–Crippen MR) is 87.9 cm³/mol. The van der Waals surface area contributed by atoms with Gasteiger partial charge in [-0.2, -0.15) is 0 Å². The van der Waals surface area contributed by atoms with Crippen molar-refractivity contribution in [2.24, 2.45) is 0 Å². The van der Waals surface area contributed by atoms with Gasteiger partial charge in [-0.05, 0) is 43.2 Å². The van der Waals surface area contributed by atoms with E-state index in [1.54, 1.807) is 18.2 Å². The molecule has 2 N–H and O–H groups in total. The Hall–Kier alpha value is -2.89. The molecule has 0 radical (unpaired) electrons. The number of hydrogen-bond donors (Lipinski definition) is 2. The van der Waals surface area contributed by atoms with Gasteiger partial charge in [-0.25, -0.2) is 4.39 Å². The predicted octanol–water partition coefficient (Wildman–Crippen LogP) is 2.62. The standard InChI is InChI=1S/C18H19FN2O3/c1-3-13-8-10-14(11-9-13)18(23)21-20-17(22)12(2)24-16-7-5-4-6-15(16)19/h4-12H,3H2,1-2H3,(H,20,22)(H,21,23). The Kier molecular flexibility index (Phi) is 5.89. The fourth-order valence-corrected chi connectivity index (χ4v) is 1.97. The maximum Gasteiger partial charge on any atom is 0.279 e. The summed E-state index contributed by atoms with van der Waals surface area (Å²) in [4.78, 5) is 23.9. The Bertz CT molecular complexity index is 716. The summed E-state index contributed by atoms with van der Waals surface area (Å²) < 4.78 is 18.7. The lowest BCUT2D eigenvalue weighted by Gasteiger charge is -2.15. The summed E-state index contributed by atoms with van der Waals surface area (Å²) in [5, 5.41) is 0. The number of rotatable bonds is 5. The van der Waals surface area contributed by atoms with E-state index in [1.165, 1.54) is 25.1 Å². The van der Waals surface area contributed by atoms with Crippen LogP contribution < -0.4 is 15.6 Å². The fourth-order valence-electron chi connectivity index (χ4n) is 1.97. The van der Waals surface area contributed by atoms with Crippen LogP contribution in [0.4, 0.5) is 4.39 Å². The summed E-state index contributed by atoms with van der Waals surface area (Å²) in [5.41, 5.74) is 6.11. The molecule has 5 nitrogen and oxygen atoms in total. The van der Waals surface area contributed by atoms with Gasteiger partial charge in [-0.1, -0.05) is 31.2 Å². The number of nitrogens with one attached hydrogen (secondary N) is 2. The number of amides is 2. The second-order valence-corrected chi connectivity index (χ2v) is 5.18. The molecule has 2 amide bonds. The first-order chi connectivity index (χ1) is 11.5. The van der Waals surface area contributed by atoms with Crippen LogP contribution in [0.3, 0.4) is 0 Å². The summed E-state index contributed by atoms with van der Waals surface area (Å²) in [6, 6.07) is 12.8. The van der Waals surface area contributed by atoms with Crippen LogP contribution in [0.25, 0.3) is 0 Å². The molecule has 2 aromatic carbocycles. The smallest absolute Gasteiger partial charge is 0.279 e. The zero-order chi connectivity index (χ0) is 17.5. The van der Waals surface area contributed by atoms with Crippen molar-refractivity contribution in [1.82, 2.24) is 10.9 Å². The largest absolute Gasteiger partial charge is 0.478 e. The maximum absolute atomic E-state index is 13.5. The number of benzene rings is 2. The van der Waals surface area contributed by atoms with Gasteiger partial charge in [-0.3, -0.25) is 20.4 Å². The SMILES string of the molecule is CCc1ccc(C(=O)NNC(=O)C(C)Oc2ccccc2F)cc1. The van der Waals surface area contributed by atoms with E-state index in [4.69, 9.17) is 4.74 Å². The Labute approximate surface area is 139 Å². The van der Waals surface area contributed by atoms with Crippen molar-refractivity contribution in [3.63, 3.8) is 0 Å². The van der Waals surface area contributed by atoms with Gasteiger partial charge in [0, 0.05) is 5.56 Å². The van der Waals surface area contributed by atoms with Crippen molar-refractivity contribution in [3.05, 3.63) is 65.5 Å². The first-order valence-electron chi connectivity index (χ1n) is 7.61. The molecule has 0 spiro atoms. The van der Waals surface area contributed by atoms with Crippen LogP contribution in [0.1, 0.15) is 29.8 Å². The van der Waals surface area contributed by atoms with E-state index < -0.39 is 23.7 Å². The first-order valence-corrected chi connectivity index (χ1v) is 7.61. The molecular weight excluding hydrogens is 311 g/mol. The Morgan fingerprint density at radius 2 is 1.75 bits per heavy atom. The molecule has 0 bridgehead atoms. The molecule has 6 heteroatoms. The van der Waals surface area contributed by atoms with Gasteiger partial charge in [0.15, 0.2) is 17.7 Å². The molecule has 2 rings (SSSR count). The van der Waals surface area contributed by atoms with E-state index in [0.717, 1.165) is 12.0 Å². The average molecular weight is 330 g/mol. The highest BCUT2D eigenvalue weighted by Crippen LogP contribution is 2.16. The molecule has 0 saturated heterocycles. The highest BCUT2D eigenvalue weighted by molar-refractivity contribution is 5.95. The van der Waals surface area contributed by atoms with E-state index in [9.17, 15) is 14.0 Å². The zero-order valence-corrected chi connectivity index (χ0v) is 13.5. The van der Waals surface area contributed by atoms with Crippen LogP contribution in [-0.2, 0) is 11.2 Å². The lowest BCUT2D eigenvalue weighted by atomic mass is 10.1. The molecular formula is C18H19FN2O3. The van der Waals surface area contributed by atoms with Crippen LogP contribution in [0.2, 0.25) is 0 Å². The van der Waals surface area contributed by atoms with E-state index >= 15 is 0 Å². The molecule has 0 heterocycles. The fraction of sp³-hybridized carbons (Fsp3) is 0.222. The summed E-state index contributed by atoms with van der Waals surface area (Å²) in [5.74, 6) is -1.61. The lowest BCUT2D eigenvalue weighted by Crippen LogP contribution is -2.47. The zero-order valence-electron chi connectivity index (χ0n) is 13.5. The number of carbonyl (C=O) groups is 2. The Morgan fingerprint density at radius 1 is 1.08 bits per heavy atom. The van der Waals surface area contributed by atoms with Crippen LogP contribution in [0, 0.1) is 5.82 Å². The molecule has 2 aromatic rings. The highest BCUT2D eigenvalue weighted by Gasteiger charge is 2.17. The number of hydrazine groups is 1. The molecule has 1 atom stereocenters. The summed E-state index contributed by atoms with van der Waals surface area (Å²) >= 11 is 0. The average Bonchev–Trinajstić information content (AvgIpc) is 2.61. The normalized spacial score (nSPS) is 11.5. The van der Waals surface area contributed by atoms with Gasteiger partial charge in [0.05, 0.1) is 0 Å². The molecule has 24 heavy (non-hydrogen) atoms. The maximum atomic E-state index is 13.5. The van der Waals surface area contributed by atoms with Gasteiger partial charge in [-0.15, -0.1) is 0 Å². The third-order valence-corrected chi connectivity index (χ3v) is 3.43. The van der Waals surface area contributed by atoms with Crippen LogP contribution in [-0.4, -0.2) is 17.9 Å². The Balaban J connectivity index is 1.87. The highest BCUT2D eigenvalue weighted by atomic mass is 19.1. The Morgan fingerprint density at radius 3 is 2.38 bits per heavy atom. The van der Waals surface area contributed by atoms with Crippen molar-refractivity contribution in [1.29, 1.82) is 0 Å². The van der Waals surface area contributed by atoms with Gasteiger partial charge in [0.2, 0.25) is 0 Å². The van der Waals surface area contributed by atoms with E-state index in [1.807, 2.05) is 19.1 Å². The van der Waals surface area contributed by atoms with Gasteiger partial charge < -0.3 is 4.74 Å². The third-order valence-electron chi connectivity index (χ3n) is 3.43. The molecule has 0 aliphatic carbocycles. The van der Waals surface area contributed by atoms with E-state index in [0.29, 0.717) is 5.56 Å². The number of halogens is 1. The van der Waals surface area contributed by atoms with Gasteiger partial charge in [0.25, 0.3) is 11.8 Å². The molecule has 0 aromatic heterocycles. The van der Waals surface area contributed by atoms with Crippen molar-refractivity contribution in [3.8, 4) is 5.75 Å². The molecule has 1 unspecified atom stereocenters. The second kappa shape index (κ2) is 8.10. The number of hydrogen-bond acceptors (Lipinski definition) is 3.